The zero-order valence-electron chi connectivity index (χ0n) is 19.9. The zero-order chi connectivity index (χ0) is 24.2. The summed E-state index contributed by atoms with van der Waals surface area (Å²) in [5.74, 6) is -1.05. The predicted molar refractivity (Wildman–Crippen MR) is 136 cm³/mol. The maximum atomic E-state index is 13.2. The number of aryl methyl sites for hydroxylation is 1. The number of hydrogen-bond acceptors (Lipinski definition) is 4. The second kappa shape index (κ2) is 10.1. The first kappa shape index (κ1) is 23.5. The molecule has 1 heterocycles. The Bertz CT molecular complexity index is 1200. The maximum Gasteiger partial charge on any atom is 0.335 e. The van der Waals surface area contributed by atoms with Crippen LogP contribution in [-0.4, -0.2) is 55.1 Å². The third kappa shape index (κ3) is 5.29. The number of nitrogens with zero attached hydrogens (tertiary/aromatic N) is 2. The van der Waals surface area contributed by atoms with Gasteiger partial charge in [0, 0.05) is 37.4 Å². The van der Waals surface area contributed by atoms with Gasteiger partial charge >= 0.3 is 5.97 Å². The number of amides is 1. The van der Waals surface area contributed by atoms with Crippen LogP contribution >= 0.6 is 0 Å². The van der Waals surface area contributed by atoms with Gasteiger partial charge in [0.15, 0.2) is 0 Å². The second-order valence-electron chi connectivity index (χ2n) is 9.00. The van der Waals surface area contributed by atoms with E-state index in [2.05, 4.69) is 28.2 Å². The Morgan fingerprint density at radius 3 is 2.29 bits per heavy atom. The molecule has 1 amide bonds. The van der Waals surface area contributed by atoms with Crippen molar-refractivity contribution in [1.82, 2.24) is 10.2 Å². The maximum absolute atomic E-state index is 13.2. The quantitative estimate of drug-likeness (QED) is 0.566. The minimum absolute atomic E-state index is 0.0979. The third-order valence-corrected chi connectivity index (χ3v) is 6.51. The van der Waals surface area contributed by atoms with Crippen LogP contribution in [0.4, 0.5) is 5.69 Å². The summed E-state index contributed by atoms with van der Waals surface area (Å²) >= 11 is 0. The number of likely N-dealkylation sites (N-methyl/N-ethyl adjacent to an activating group) is 1. The lowest BCUT2D eigenvalue weighted by Crippen LogP contribution is -2.44. The average molecular weight is 458 g/mol. The fraction of sp³-hybridized carbons (Fsp3) is 0.286. The van der Waals surface area contributed by atoms with E-state index >= 15 is 0 Å². The van der Waals surface area contributed by atoms with Crippen molar-refractivity contribution in [2.75, 3.05) is 38.1 Å². The van der Waals surface area contributed by atoms with E-state index in [-0.39, 0.29) is 17.5 Å². The predicted octanol–water partition coefficient (Wildman–Crippen LogP) is 4.60. The van der Waals surface area contributed by atoms with Gasteiger partial charge in [-0.1, -0.05) is 36.4 Å². The van der Waals surface area contributed by atoms with Crippen molar-refractivity contribution >= 4 is 17.6 Å². The van der Waals surface area contributed by atoms with E-state index in [9.17, 15) is 14.7 Å². The van der Waals surface area contributed by atoms with Crippen LogP contribution in [-0.2, 0) is 0 Å². The number of carbonyl (C=O) groups is 2. The molecular weight excluding hydrogens is 426 g/mol. The highest BCUT2D eigenvalue weighted by Crippen LogP contribution is 2.25. The largest absolute Gasteiger partial charge is 0.478 e. The fourth-order valence-electron chi connectivity index (χ4n) is 4.29. The molecule has 0 spiro atoms. The molecule has 0 aliphatic carbocycles. The average Bonchev–Trinajstić information content (AvgIpc) is 2.85. The van der Waals surface area contributed by atoms with E-state index in [1.807, 2.05) is 56.3 Å². The van der Waals surface area contributed by atoms with E-state index in [0.29, 0.717) is 5.56 Å². The van der Waals surface area contributed by atoms with Gasteiger partial charge in [-0.05, 0) is 73.5 Å². The number of carbonyl (C=O) groups excluding carboxylic acids is 1. The molecule has 3 aromatic rings. The molecule has 34 heavy (non-hydrogen) atoms. The topological polar surface area (TPSA) is 72.9 Å². The summed E-state index contributed by atoms with van der Waals surface area (Å²) in [5, 5.41) is 12.4. The van der Waals surface area contributed by atoms with E-state index in [0.717, 1.165) is 54.1 Å². The lowest BCUT2D eigenvalue weighted by molar-refractivity contribution is 0.0696. The van der Waals surface area contributed by atoms with Crippen molar-refractivity contribution in [2.45, 2.75) is 19.9 Å². The number of piperazine rings is 1. The molecule has 1 atom stereocenters. The first-order valence-corrected chi connectivity index (χ1v) is 11.6. The van der Waals surface area contributed by atoms with Gasteiger partial charge in [-0.2, -0.15) is 0 Å². The minimum atomic E-state index is -0.951. The lowest BCUT2D eigenvalue weighted by Gasteiger charge is -2.34. The van der Waals surface area contributed by atoms with Gasteiger partial charge in [0.05, 0.1) is 11.6 Å². The number of hydrogen-bond donors (Lipinski definition) is 2. The van der Waals surface area contributed by atoms with E-state index < -0.39 is 5.97 Å². The molecule has 6 heteroatoms. The highest BCUT2D eigenvalue weighted by molar-refractivity contribution is 5.97. The molecule has 1 saturated heterocycles. The smallest absolute Gasteiger partial charge is 0.335 e. The molecule has 1 fully saturated rings. The Morgan fingerprint density at radius 1 is 0.912 bits per heavy atom. The summed E-state index contributed by atoms with van der Waals surface area (Å²) in [6.07, 6.45) is 0. The molecule has 1 aliphatic rings. The Morgan fingerprint density at radius 2 is 1.59 bits per heavy atom. The molecule has 4 rings (SSSR count). The van der Waals surface area contributed by atoms with Gasteiger partial charge < -0.3 is 20.2 Å². The molecular formula is C28H31N3O3. The van der Waals surface area contributed by atoms with Crippen LogP contribution in [0.5, 0.6) is 0 Å². The molecule has 0 unspecified atom stereocenters. The number of carboxylic acids is 1. The van der Waals surface area contributed by atoms with Crippen LogP contribution in [0.15, 0.2) is 66.7 Å². The Labute approximate surface area is 200 Å². The summed E-state index contributed by atoms with van der Waals surface area (Å²) in [7, 11) is 2.13. The number of nitrogens with one attached hydrogen (secondary N) is 1. The highest BCUT2D eigenvalue weighted by atomic mass is 16.4. The molecule has 3 aromatic carbocycles. The van der Waals surface area contributed by atoms with Crippen LogP contribution in [0.1, 0.15) is 44.8 Å². The zero-order valence-corrected chi connectivity index (χ0v) is 19.9. The first-order valence-electron chi connectivity index (χ1n) is 11.6. The summed E-state index contributed by atoms with van der Waals surface area (Å²) < 4.78 is 0. The van der Waals surface area contributed by atoms with Crippen molar-refractivity contribution in [3.8, 4) is 11.1 Å². The minimum Gasteiger partial charge on any atom is -0.478 e. The lowest BCUT2D eigenvalue weighted by atomic mass is 9.98. The summed E-state index contributed by atoms with van der Waals surface area (Å²) in [6, 6.07) is 20.6. The normalized spacial score (nSPS) is 15.1. The van der Waals surface area contributed by atoms with Crippen molar-refractivity contribution in [3.63, 3.8) is 0 Å². The van der Waals surface area contributed by atoms with Crippen molar-refractivity contribution in [3.05, 3.63) is 89.0 Å². The third-order valence-electron chi connectivity index (χ3n) is 6.51. The van der Waals surface area contributed by atoms with Gasteiger partial charge in [0.25, 0.3) is 5.91 Å². The molecule has 0 aromatic heterocycles. The van der Waals surface area contributed by atoms with Crippen LogP contribution < -0.4 is 10.2 Å². The van der Waals surface area contributed by atoms with Gasteiger partial charge in [-0.25, -0.2) is 4.79 Å². The Hall–Kier alpha value is -3.64. The monoisotopic (exact) mass is 457 g/mol. The van der Waals surface area contributed by atoms with Crippen LogP contribution in [0.2, 0.25) is 0 Å². The van der Waals surface area contributed by atoms with Crippen molar-refractivity contribution < 1.29 is 14.7 Å². The molecule has 2 N–H and O–H groups in total. The standard InChI is InChI=1S/C28H31N3O3/c1-19-10-11-25(31-14-12-30(3)13-15-31)18-26(19)27(32)29-20(2)21-6-4-7-22(16-21)23-8-5-9-24(17-23)28(33)34/h4-11,16-18,20H,12-15H2,1-3H3,(H,29,32)(H,33,34)/t20-/m1/s1. The molecule has 1 aliphatic heterocycles. The molecule has 0 saturated carbocycles. The molecule has 0 bridgehead atoms. The number of benzene rings is 3. The Kier molecular flexibility index (Phi) is 6.98. The van der Waals surface area contributed by atoms with Gasteiger partial charge in [-0.15, -0.1) is 0 Å². The van der Waals surface area contributed by atoms with E-state index in [1.54, 1.807) is 18.2 Å². The van der Waals surface area contributed by atoms with Crippen LogP contribution in [0.3, 0.4) is 0 Å². The molecule has 0 radical (unpaired) electrons. The van der Waals surface area contributed by atoms with Crippen molar-refractivity contribution in [2.24, 2.45) is 0 Å². The highest BCUT2D eigenvalue weighted by Gasteiger charge is 2.18. The SMILES string of the molecule is Cc1ccc(N2CCN(C)CC2)cc1C(=O)N[C@H](C)c1cccc(-c2cccc(C(=O)O)c2)c1. The first-order chi connectivity index (χ1) is 16.3. The number of rotatable bonds is 6. The van der Waals surface area contributed by atoms with Gasteiger partial charge in [0.1, 0.15) is 0 Å². The summed E-state index contributed by atoms with van der Waals surface area (Å²) in [5.41, 5.74) is 5.66. The molecule has 6 nitrogen and oxygen atoms in total. The summed E-state index contributed by atoms with van der Waals surface area (Å²) in [4.78, 5) is 29.2. The number of anilines is 1. The van der Waals surface area contributed by atoms with Crippen LogP contribution in [0.25, 0.3) is 11.1 Å². The second-order valence-corrected chi connectivity index (χ2v) is 9.00. The van der Waals surface area contributed by atoms with E-state index in [1.165, 1.54) is 0 Å². The number of carboxylic acid groups (broad SMARTS) is 1. The number of aromatic carboxylic acids is 1. The Balaban J connectivity index is 1.51. The van der Waals surface area contributed by atoms with Gasteiger partial charge in [0.2, 0.25) is 0 Å². The molecule has 176 valence electrons. The van der Waals surface area contributed by atoms with Crippen molar-refractivity contribution in [1.29, 1.82) is 0 Å². The fourth-order valence-corrected chi connectivity index (χ4v) is 4.29. The van der Waals surface area contributed by atoms with E-state index in [4.69, 9.17) is 0 Å². The summed E-state index contributed by atoms with van der Waals surface area (Å²) in [6.45, 7) is 7.85. The van der Waals surface area contributed by atoms with Crippen LogP contribution in [0, 0.1) is 6.92 Å². The van der Waals surface area contributed by atoms with Gasteiger partial charge in [-0.3, -0.25) is 4.79 Å².